The van der Waals surface area contributed by atoms with E-state index in [1.165, 1.54) is 0 Å². The van der Waals surface area contributed by atoms with Crippen molar-refractivity contribution in [3.63, 3.8) is 0 Å². The molecule has 0 aliphatic carbocycles. The number of esters is 1. The number of rotatable bonds is 8. The third-order valence-electron chi connectivity index (χ3n) is 4.60. The van der Waals surface area contributed by atoms with E-state index in [-0.39, 0.29) is 18.4 Å². The van der Waals surface area contributed by atoms with Crippen LogP contribution in [0.5, 0.6) is 0 Å². The summed E-state index contributed by atoms with van der Waals surface area (Å²) in [5.74, 6) is -0.457. The van der Waals surface area contributed by atoms with Gasteiger partial charge in [0.25, 0.3) is 11.8 Å². The lowest BCUT2D eigenvalue weighted by atomic mass is 10.1. The van der Waals surface area contributed by atoms with Gasteiger partial charge in [0.2, 0.25) is 0 Å². The maximum atomic E-state index is 12.5. The van der Waals surface area contributed by atoms with Crippen molar-refractivity contribution in [2.45, 2.75) is 38.1 Å². The first kappa shape index (κ1) is 22.6. The number of benzene rings is 1. The SMILES string of the molecule is CSCC[C@H](NC(=O)c1ccc(Cl)cc1)C(=O)OCC(=O)N1CCCCCC1. The topological polar surface area (TPSA) is 75.7 Å². The molecule has 0 unspecified atom stereocenters. The monoisotopic (exact) mass is 426 g/mol. The van der Waals surface area contributed by atoms with E-state index < -0.39 is 12.0 Å². The second kappa shape index (κ2) is 12.0. The van der Waals surface area contributed by atoms with Crippen molar-refractivity contribution in [1.29, 1.82) is 0 Å². The van der Waals surface area contributed by atoms with E-state index in [2.05, 4.69) is 5.32 Å². The molecule has 0 bridgehead atoms. The predicted octanol–water partition coefficient (Wildman–Crippen LogP) is 3.14. The van der Waals surface area contributed by atoms with Gasteiger partial charge in [0.05, 0.1) is 0 Å². The number of ether oxygens (including phenoxy) is 1. The number of likely N-dealkylation sites (tertiary alicyclic amines) is 1. The van der Waals surface area contributed by atoms with Crippen molar-refractivity contribution >= 4 is 41.1 Å². The van der Waals surface area contributed by atoms with Crippen LogP contribution in [0.1, 0.15) is 42.5 Å². The minimum absolute atomic E-state index is 0.178. The Balaban J connectivity index is 1.91. The maximum Gasteiger partial charge on any atom is 0.329 e. The summed E-state index contributed by atoms with van der Waals surface area (Å²) in [6.45, 7) is 1.13. The molecule has 1 saturated heterocycles. The first-order valence-corrected chi connectivity index (χ1v) is 11.3. The average molecular weight is 427 g/mol. The zero-order chi connectivity index (χ0) is 20.4. The minimum atomic E-state index is -0.799. The highest BCUT2D eigenvalue weighted by molar-refractivity contribution is 7.98. The molecule has 1 fully saturated rings. The lowest BCUT2D eigenvalue weighted by Crippen LogP contribution is -2.44. The number of hydrogen-bond donors (Lipinski definition) is 1. The van der Waals surface area contributed by atoms with Crippen LogP contribution in [-0.2, 0) is 14.3 Å². The zero-order valence-corrected chi connectivity index (χ0v) is 17.7. The number of hydrogen-bond acceptors (Lipinski definition) is 5. The molecule has 154 valence electrons. The standard InChI is InChI=1S/C20H27ClN2O4S/c1-28-13-10-17(22-19(25)15-6-8-16(21)9-7-15)20(26)27-14-18(24)23-11-4-2-3-5-12-23/h6-9,17H,2-5,10-14H2,1H3,(H,22,25)/t17-/m0/s1. The molecular weight excluding hydrogens is 400 g/mol. The van der Waals surface area contributed by atoms with Gasteiger partial charge in [-0.15, -0.1) is 0 Å². The summed E-state index contributed by atoms with van der Waals surface area (Å²) in [5, 5.41) is 3.24. The summed E-state index contributed by atoms with van der Waals surface area (Å²) in [6, 6.07) is 5.62. The van der Waals surface area contributed by atoms with Crippen molar-refractivity contribution < 1.29 is 19.1 Å². The summed E-state index contributed by atoms with van der Waals surface area (Å²) < 4.78 is 5.24. The highest BCUT2D eigenvalue weighted by Crippen LogP contribution is 2.12. The van der Waals surface area contributed by atoms with Gasteiger partial charge in [-0.25, -0.2) is 4.79 Å². The summed E-state index contributed by atoms with van der Waals surface area (Å²) in [5.41, 5.74) is 0.409. The van der Waals surface area contributed by atoms with Crippen LogP contribution < -0.4 is 5.32 Å². The van der Waals surface area contributed by atoms with Crippen LogP contribution >= 0.6 is 23.4 Å². The van der Waals surface area contributed by atoms with E-state index in [0.29, 0.717) is 35.8 Å². The van der Waals surface area contributed by atoms with Crippen LogP contribution in [0, 0.1) is 0 Å². The number of halogens is 1. The van der Waals surface area contributed by atoms with Gasteiger partial charge < -0.3 is 15.0 Å². The Morgan fingerprint density at radius 1 is 1.14 bits per heavy atom. The Hall–Kier alpha value is -1.73. The molecule has 6 nitrogen and oxygen atoms in total. The van der Waals surface area contributed by atoms with Gasteiger partial charge in [0.1, 0.15) is 6.04 Å². The second-order valence-electron chi connectivity index (χ2n) is 6.72. The molecule has 1 aromatic rings. The third kappa shape index (κ3) is 7.36. The van der Waals surface area contributed by atoms with Gasteiger partial charge in [0, 0.05) is 23.7 Å². The van der Waals surface area contributed by atoms with Crippen LogP contribution in [-0.4, -0.2) is 60.4 Å². The molecule has 1 aliphatic rings. The molecule has 2 amide bonds. The third-order valence-corrected chi connectivity index (χ3v) is 5.50. The van der Waals surface area contributed by atoms with Crippen LogP contribution in [0.2, 0.25) is 5.02 Å². The number of amides is 2. The van der Waals surface area contributed by atoms with Crippen molar-refractivity contribution in [1.82, 2.24) is 10.2 Å². The highest BCUT2D eigenvalue weighted by Gasteiger charge is 2.24. The molecule has 0 aromatic heterocycles. The average Bonchev–Trinajstić information content (AvgIpc) is 2.99. The van der Waals surface area contributed by atoms with E-state index in [0.717, 1.165) is 25.7 Å². The molecule has 1 aromatic carbocycles. The molecule has 0 spiro atoms. The zero-order valence-electron chi connectivity index (χ0n) is 16.1. The lowest BCUT2D eigenvalue weighted by molar-refractivity contribution is -0.153. The second-order valence-corrected chi connectivity index (χ2v) is 8.14. The van der Waals surface area contributed by atoms with Gasteiger partial charge in [-0.3, -0.25) is 9.59 Å². The number of carbonyl (C=O) groups excluding carboxylic acids is 3. The molecule has 1 N–H and O–H groups in total. The van der Waals surface area contributed by atoms with Gasteiger partial charge >= 0.3 is 5.97 Å². The Bertz CT molecular complexity index is 661. The quantitative estimate of drug-likeness (QED) is 0.646. The lowest BCUT2D eigenvalue weighted by Gasteiger charge is -2.21. The normalized spacial score (nSPS) is 15.4. The molecule has 1 heterocycles. The number of nitrogens with one attached hydrogen (secondary N) is 1. The van der Waals surface area contributed by atoms with E-state index in [4.69, 9.17) is 16.3 Å². The van der Waals surface area contributed by atoms with E-state index in [1.54, 1.807) is 40.9 Å². The maximum absolute atomic E-state index is 12.5. The van der Waals surface area contributed by atoms with Gasteiger partial charge in [-0.05, 0) is 55.5 Å². The molecule has 2 rings (SSSR count). The van der Waals surface area contributed by atoms with Gasteiger partial charge in [-0.1, -0.05) is 24.4 Å². The number of carbonyl (C=O) groups is 3. The molecule has 1 aliphatic heterocycles. The fourth-order valence-corrected chi connectivity index (χ4v) is 3.57. The molecule has 28 heavy (non-hydrogen) atoms. The van der Waals surface area contributed by atoms with Crippen LogP contribution in [0.4, 0.5) is 0 Å². The number of nitrogens with zero attached hydrogens (tertiary/aromatic N) is 1. The van der Waals surface area contributed by atoms with Crippen molar-refractivity contribution in [2.24, 2.45) is 0 Å². The molecule has 0 saturated carbocycles. The first-order chi connectivity index (χ1) is 13.5. The molecular formula is C20H27ClN2O4S. The summed E-state index contributed by atoms with van der Waals surface area (Å²) in [6.07, 6.45) is 6.55. The summed E-state index contributed by atoms with van der Waals surface area (Å²) in [7, 11) is 0. The Kier molecular flexibility index (Phi) is 9.64. The highest BCUT2D eigenvalue weighted by atomic mass is 35.5. The fourth-order valence-electron chi connectivity index (χ4n) is 2.97. The largest absolute Gasteiger partial charge is 0.454 e. The van der Waals surface area contributed by atoms with Crippen molar-refractivity contribution in [3.8, 4) is 0 Å². The van der Waals surface area contributed by atoms with E-state index in [1.807, 2.05) is 6.26 Å². The van der Waals surface area contributed by atoms with Gasteiger partial charge in [0.15, 0.2) is 6.61 Å². The molecule has 8 heteroatoms. The molecule has 1 atom stereocenters. The van der Waals surface area contributed by atoms with Crippen LogP contribution in [0.3, 0.4) is 0 Å². The van der Waals surface area contributed by atoms with Crippen LogP contribution in [0.25, 0.3) is 0 Å². The van der Waals surface area contributed by atoms with E-state index >= 15 is 0 Å². The summed E-state index contributed by atoms with van der Waals surface area (Å²) >= 11 is 7.41. The Labute approximate surface area is 175 Å². The fraction of sp³-hybridized carbons (Fsp3) is 0.550. The predicted molar refractivity (Wildman–Crippen MR) is 112 cm³/mol. The summed E-state index contributed by atoms with van der Waals surface area (Å²) in [4.78, 5) is 39.0. The molecule has 0 radical (unpaired) electrons. The Morgan fingerprint density at radius 2 is 1.79 bits per heavy atom. The van der Waals surface area contributed by atoms with Crippen molar-refractivity contribution in [3.05, 3.63) is 34.9 Å². The van der Waals surface area contributed by atoms with E-state index in [9.17, 15) is 14.4 Å². The smallest absolute Gasteiger partial charge is 0.329 e. The van der Waals surface area contributed by atoms with Crippen LogP contribution in [0.15, 0.2) is 24.3 Å². The number of thioether (sulfide) groups is 1. The Morgan fingerprint density at radius 3 is 2.39 bits per heavy atom. The minimum Gasteiger partial charge on any atom is -0.454 e. The van der Waals surface area contributed by atoms with Crippen molar-refractivity contribution in [2.75, 3.05) is 31.7 Å². The van der Waals surface area contributed by atoms with Gasteiger partial charge in [-0.2, -0.15) is 11.8 Å². The first-order valence-electron chi connectivity index (χ1n) is 9.51.